The van der Waals surface area contributed by atoms with Crippen LogP contribution in [0, 0.1) is 11.3 Å². The fourth-order valence-electron chi connectivity index (χ4n) is 2.64. The van der Waals surface area contributed by atoms with Crippen LogP contribution >= 0.6 is 23.2 Å². The van der Waals surface area contributed by atoms with E-state index in [1.54, 1.807) is 43.7 Å². The molecule has 0 atom stereocenters. The molecule has 0 amide bonds. The molecule has 0 radical (unpaired) electrons. The van der Waals surface area contributed by atoms with Crippen molar-refractivity contribution >= 4 is 29.4 Å². The molecule has 3 rings (SSSR count). The van der Waals surface area contributed by atoms with E-state index in [0.717, 1.165) is 16.7 Å². The van der Waals surface area contributed by atoms with Crippen LogP contribution in [0.1, 0.15) is 22.3 Å². The Bertz CT molecular complexity index is 1090. The molecule has 0 heterocycles. The van der Waals surface area contributed by atoms with Crippen molar-refractivity contribution in [3.63, 3.8) is 0 Å². The van der Waals surface area contributed by atoms with Crippen molar-refractivity contribution in [1.29, 1.82) is 5.26 Å². The minimum absolute atomic E-state index is 0.209. The highest BCUT2D eigenvalue weighted by Gasteiger charge is 2.08. The summed E-state index contributed by atoms with van der Waals surface area (Å²) in [4.78, 5) is 5.32. The quantitative estimate of drug-likeness (QED) is 0.318. The Labute approximate surface area is 185 Å². The highest BCUT2D eigenvalue weighted by molar-refractivity contribution is 6.35. The number of hydrogen-bond acceptors (Lipinski definition) is 5. The van der Waals surface area contributed by atoms with E-state index in [9.17, 15) is 0 Å². The monoisotopic (exact) mass is 440 g/mol. The van der Waals surface area contributed by atoms with Crippen LogP contribution in [-0.4, -0.2) is 13.3 Å². The van der Waals surface area contributed by atoms with Crippen LogP contribution in [-0.2, 0) is 18.1 Å². The fraction of sp³-hybridized carbons (Fsp3) is 0.130. The standard InChI is InChI=1S/C23H18Cl2N2O3/c1-28-23-10-16(13-27-30-15-18-5-3-2-4-17(18)12-26)6-9-22(23)29-14-19-7-8-20(24)11-21(19)25/h2-11,13H,14-15H2,1H3/b27-13-. The molecule has 0 fully saturated rings. The average Bonchev–Trinajstić information content (AvgIpc) is 2.76. The number of rotatable bonds is 8. The molecule has 0 bridgehead atoms. The van der Waals surface area contributed by atoms with E-state index in [0.29, 0.717) is 27.1 Å². The molecule has 30 heavy (non-hydrogen) atoms. The molecule has 3 aromatic carbocycles. The third-order valence-corrected chi connectivity index (χ3v) is 4.81. The van der Waals surface area contributed by atoms with Gasteiger partial charge in [0, 0.05) is 26.7 Å². The Morgan fingerprint density at radius 3 is 2.57 bits per heavy atom. The zero-order chi connectivity index (χ0) is 21.3. The Morgan fingerprint density at radius 1 is 0.967 bits per heavy atom. The summed E-state index contributed by atoms with van der Waals surface area (Å²) in [6, 6.07) is 20.0. The maximum Gasteiger partial charge on any atom is 0.161 e. The summed E-state index contributed by atoms with van der Waals surface area (Å²) in [7, 11) is 1.56. The zero-order valence-electron chi connectivity index (χ0n) is 16.1. The molecule has 0 unspecified atom stereocenters. The Balaban J connectivity index is 1.62. The van der Waals surface area contributed by atoms with E-state index in [1.165, 1.54) is 0 Å². The fourth-order valence-corrected chi connectivity index (χ4v) is 3.10. The number of halogens is 2. The molecule has 0 aromatic heterocycles. The number of nitrogens with zero attached hydrogens (tertiary/aromatic N) is 2. The summed E-state index contributed by atoms with van der Waals surface area (Å²) < 4.78 is 11.3. The molecule has 0 aliphatic rings. The van der Waals surface area contributed by atoms with Crippen molar-refractivity contribution in [2.24, 2.45) is 5.16 Å². The smallest absolute Gasteiger partial charge is 0.161 e. The van der Waals surface area contributed by atoms with E-state index in [2.05, 4.69) is 11.2 Å². The van der Waals surface area contributed by atoms with E-state index in [4.69, 9.17) is 42.8 Å². The van der Waals surface area contributed by atoms with Crippen LogP contribution in [0.3, 0.4) is 0 Å². The minimum atomic E-state index is 0.209. The van der Waals surface area contributed by atoms with Crippen molar-refractivity contribution in [2.75, 3.05) is 7.11 Å². The summed E-state index contributed by atoms with van der Waals surface area (Å²) in [5.41, 5.74) is 2.94. The summed E-state index contributed by atoms with van der Waals surface area (Å²) >= 11 is 12.1. The molecule has 152 valence electrons. The average molecular weight is 441 g/mol. The van der Waals surface area contributed by atoms with Crippen LogP contribution in [0.25, 0.3) is 0 Å². The topological polar surface area (TPSA) is 63.8 Å². The Morgan fingerprint density at radius 2 is 1.80 bits per heavy atom. The lowest BCUT2D eigenvalue weighted by atomic mass is 10.1. The van der Waals surface area contributed by atoms with Crippen LogP contribution in [0.4, 0.5) is 0 Å². The first-order chi connectivity index (χ1) is 14.6. The second-order valence-electron chi connectivity index (χ2n) is 6.21. The highest BCUT2D eigenvalue weighted by Crippen LogP contribution is 2.30. The second-order valence-corrected chi connectivity index (χ2v) is 7.06. The highest BCUT2D eigenvalue weighted by atomic mass is 35.5. The number of benzene rings is 3. The zero-order valence-corrected chi connectivity index (χ0v) is 17.7. The first-order valence-electron chi connectivity index (χ1n) is 8.99. The van der Waals surface area contributed by atoms with Gasteiger partial charge in [0.1, 0.15) is 13.2 Å². The van der Waals surface area contributed by atoms with Gasteiger partial charge in [-0.1, -0.05) is 52.6 Å². The number of oxime groups is 1. The number of ether oxygens (including phenoxy) is 2. The molecule has 0 spiro atoms. The predicted octanol–water partition coefficient (Wildman–Crippen LogP) is 6.00. The van der Waals surface area contributed by atoms with Crippen LogP contribution < -0.4 is 9.47 Å². The molecule has 0 saturated carbocycles. The van der Waals surface area contributed by atoms with E-state index in [1.807, 2.05) is 30.3 Å². The predicted molar refractivity (Wildman–Crippen MR) is 117 cm³/mol. The lowest BCUT2D eigenvalue weighted by Gasteiger charge is -2.12. The third-order valence-electron chi connectivity index (χ3n) is 4.22. The van der Waals surface area contributed by atoms with Gasteiger partial charge >= 0.3 is 0 Å². The first-order valence-corrected chi connectivity index (χ1v) is 9.74. The third kappa shape index (κ3) is 5.66. The SMILES string of the molecule is COc1cc(/C=N\OCc2ccccc2C#N)ccc1OCc1ccc(Cl)cc1Cl. The summed E-state index contributed by atoms with van der Waals surface area (Å²) in [6.07, 6.45) is 1.57. The molecule has 0 aliphatic heterocycles. The molecule has 0 saturated heterocycles. The number of nitriles is 1. The molecular weight excluding hydrogens is 423 g/mol. The van der Waals surface area contributed by atoms with E-state index >= 15 is 0 Å². The molecular formula is C23H18Cl2N2O3. The summed E-state index contributed by atoms with van der Waals surface area (Å²) in [6.45, 7) is 0.488. The van der Waals surface area contributed by atoms with Gasteiger partial charge < -0.3 is 14.3 Å². The van der Waals surface area contributed by atoms with Gasteiger partial charge in [0.15, 0.2) is 11.5 Å². The van der Waals surface area contributed by atoms with Crippen LogP contribution in [0.2, 0.25) is 10.0 Å². The van der Waals surface area contributed by atoms with E-state index in [-0.39, 0.29) is 13.2 Å². The van der Waals surface area contributed by atoms with Gasteiger partial charge in [-0.15, -0.1) is 0 Å². The lowest BCUT2D eigenvalue weighted by Crippen LogP contribution is -1.99. The van der Waals surface area contributed by atoms with Crippen molar-refractivity contribution in [3.8, 4) is 17.6 Å². The van der Waals surface area contributed by atoms with Gasteiger partial charge in [-0.25, -0.2) is 0 Å². The number of methoxy groups -OCH3 is 1. The maximum absolute atomic E-state index is 9.10. The van der Waals surface area contributed by atoms with Gasteiger partial charge in [-0.05, 0) is 36.4 Å². The Kier molecular flexibility index (Phi) is 7.56. The Hall–Kier alpha value is -3.20. The van der Waals surface area contributed by atoms with Crippen molar-refractivity contribution < 1.29 is 14.3 Å². The molecule has 0 aliphatic carbocycles. The van der Waals surface area contributed by atoms with Gasteiger partial charge in [0.05, 0.1) is 25.0 Å². The molecule has 3 aromatic rings. The van der Waals surface area contributed by atoms with Gasteiger partial charge in [0.2, 0.25) is 0 Å². The summed E-state index contributed by atoms with van der Waals surface area (Å²) in [5, 5.41) is 14.2. The molecule has 0 N–H and O–H groups in total. The van der Waals surface area contributed by atoms with Gasteiger partial charge in [0.25, 0.3) is 0 Å². The van der Waals surface area contributed by atoms with Crippen LogP contribution in [0.5, 0.6) is 11.5 Å². The van der Waals surface area contributed by atoms with Crippen molar-refractivity contribution in [1.82, 2.24) is 0 Å². The normalized spacial score (nSPS) is 10.6. The van der Waals surface area contributed by atoms with Gasteiger partial charge in [-0.3, -0.25) is 0 Å². The summed E-state index contributed by atoms with van der Waals surface area (Å²) in [5.74, 6) is 1.13. The molecule has 5 nitrogen and oxygen atoms in total. The lowest BCUT2D eigenvalue weighted by molar-refractivity contribution is 0.132. The van der Waals surface area contributed by atoms with Crippen molar-refractivity contribution in [2.45, 2.75) is 13.2 Å². The van der Waals surface area contributed by atoms with Gasteiger partial charge in [-0.2, -0.15) is 5.26 Å². The first kappa shape index (κ1) is 21.5. The number of hydrogen-bond donors (Lipinski definition) is 0. The van der Waals surface area contributed by atoms with Crippen LogP contribution in [0.15, 0.2) is 65.8 Å². The largest absolute Gasteiger partial charge is 0.493 e. The maximum atomic E-state index is 9.10. The second kappa shape index (κ2) is 10.5. The van der Waals surface area contributed by atoms with Crippen molar-refractivity contribution in [3.05, 3.63) is 93.0 Å². The van der Waals surface area contributed by atoms with E-state index < -0.39 is 0 Å². The minimum Gasteiger partial charge on any atom is -0.493 e. The molecule has 7 heteroatoms.